The van der Waals surface area contributed by atoms with Gasteiger partial charge >= 0.3 is 0 Å². The zero-order valence-corrected chi connectivity index (χ0v) is 13.8. The number of hydrogen-bond donors (Lipinski definition) is 0. The smallest absolute Gasteiger partial charge is 0.123 e. The monoisotopic (exact) mass is 312 g/mol. The van der Waals surface area contributed by atoms with E-state index in [9.17, 15) is 0 Å². The van der Waals surface area contributed by atoms with E-state index in [4.69, 9.17) is 4.74 Å². The number of benzene rings is 1. The summed E-state index contributed by atoms with van der Waals surface area (Å²) in [4.78, 5) is 0. The molecule has 0 aliphatic heterocycles. The van der Waals surface area contributed by atoms with Gasteiger partial charge in [-0.3, -0.25) is 0 Å². The predicted octanol–water partition coefficient (Wildman–Crippen LogP) is 5.27. The van der Waals surface area contributed by atoms with Crippen LogP contribution in [-0.4, -0.2) is 11.9 Å². The molecule has 1 unspecified atom stereocenters. The summed E-state index contributed by atoms with van der Waals surface area (Å²) in [5, 5.41) is 1.05. The minimum atomic E-state index is 0.120. The second-order valence-corrected chi connectivity index (χ2v) is 6.61. The van der Waals surface area contributed by atoms with Gasteiger partial charge in [-0.1, -0.05) is 55.8 Å². The fourth-order valence-corrected chi connectivity index (χ4v) is 2.74. The lowest BCUT2D eigenvalue weighted by molar-refractivity contribution is 0.329. The van der Waals surface area contributed by atoms with E-state index in [0.29, 0.717) is 5.92 Å². The van der Waals surface area contributed by atoms with E-state index in [1.165, 1.54) is 11.1 Å². The van der Waals surface area contributed by atoms with Crippen LogP contribution in [0.1, 0.15) is 58.1 Å². The minimum Gasteiger partial charge on any atom is -0.494 e. The summed E-state index contributed by atoms with van der Waals surface area (Å²) in [6, 6.07) is 6.65. The molecule has 0 radical (unpaired) electrons. The summed E-state index contributed by atoms with van der Waals surface area (Å²) in [6.45, 7) is 11.8. The Labute approximate surface area is 120 Å². The lowest BCUT2D eigenvalue weighted by Crippen LogP contribution is -2.14. The van der Waals surface area contributed by atoms with E-state index in [1.54, 1.807) is 0 Å². The first-order chi connectivity index (χ1) is 8.40. The molecular formula is C16H25BrO. The van der Waals surface area contributed by atoms with Crippen molar-refractivity contribution in [3.05, 3.63) is 29.3 Å². The van der Waals surface area contributed by atoms with Crippen LogP contribution in [0.15, 0.2) is 18.2 Å². The Morgan fingerprint density at radius 2 is 1.94 bits per heavy atom. The van der Waals surface area contributed by atoms with Crippen LogP contribution >= 0.6 is 15.9 Å². The lowest BCUT2D eigenvalue weighted by Gasteiger charge is -2.24. The van der Waals surface area contributed by atoms with Crippen molar-refractivity contribution < 1.29 is 4.74 Å². The van der Waals surface area contributed by atoms with E-state index in [-0.39, 0.29) is 5.41 Å². The average Bonchev–Trinajstić information content (AvgIpc) is 2.28. The van der Waals surface area contributed by atoms with Gasteiger partial charge in [-0.15, -0.1) is 0 Å². The Morgan fingerprint density at radius 1 is 1.28 bits per heavy atom. The van der Waals surface area contributed by atoms with Gasteiger partial charge in [-0.25, -0.2) is 0 Å². The summed E-state index contributed by atoms with van der Waals surface area (Å²) in [5.41, 5.74) is 2.83. The molecule has 0 bridgehead atoms. The zero-order valence-electron chi connectivity index (χ0n) is 12.2. The summed E-state index contributed by atoms with van der Waals surface area (Å²) >= 11 is 3.52. The van der Waals surface area contributed by atoms with E-state index in [2.05, 4.69) is 61.8 Å². The van der Waals surface area contributed by atoms with Crippen LogP contribution in [0.2, 0.25) is 0 Å². The molecule has 0 heterocycles. The van der Waals surface area contributed by atoms with Crippen molar-refractivity contribution in [1.29, 1.82) is 0 Å². The molecule has 0 saturated heterocycles. The molecule has 0 aliphatic rings. The Bertz CT molecular complexity index is 379. The molecular weight excluding hydrogens is 288 g/mol. The van der Waals surface area contributed by atoms with Gasteiger partial charge in [0.1, 0.15) is 5.75 Å². The Balaban J connectivity index is 3.13. The van der Waals surface area contributed by atoms with Gasteiger partial charge < -0.3 is 4.74 Å². The molecule has 102 valence electrons. The van der Waals surface area contributed by atoms with Crippen LogP contribution in [-0.2, 0) is 5.41 Å². The fraction of sp³-hybridized carbons (Fsp3) is 0.625. The molecule has 1 aromatic carbocycles. The summed E-state index contributed by atoms with van der Waals surface area (Å²) in [7, 11) is 0. The largest absolute Gasteiger partial charge is 0.494 e. The summed E-state index contributed by atoms with van der Waals surface area (Å²) in [5.74, 6) is 1.61. The third-order valence-corrected chi connectivity index (χ3v) is 3.68. The van der Waals surface area contributed by atoms with Gasteiger partial charge in [0.25, 0.3) is 0 Å². The highest BCUT2D eigenvalue weighted by Gasteiger charge is 2.20. The summed E-state index contributed by atoms with van der Waals surface area (Å²) < 4.78 is 5.75. The first-order valence-electron chi connectivity index (χ1n) is 6.73. The lowest BCUT2D eigenvalue weighted by atomic mass is 9.83. The Kier molecular flexibility index (Phi) is 5.71. The van der Waals surface area contributed by atoms with Crippen molar-refractivity contribution in [2.45, 2.75) is 52.4 Å². The average molecular weight is 313 g/mol. The predicted molar refractivity (Wildman–Crippen MR) is 83.1 cm³/mol. The van der Waals surface area contributed by atoms with E-state index in [0.717, 1.165) is 24.1 Å². The maximum atomic E-state index is 5.75. The van der Waals surface area contributed by atoms with Gasteiger partial charge in [0, 0.05) is 5.33 Å². The van der Waals surface area contributed by atoms with Gasteiger partial charge in [-0.05, 0) is 41.9 Å². The Morgan fingerprint density at radius 3 is 2.44 bits per heavy atom. The molecule has 0 aromatic heterocycles. The standard InChI is InChI=1S/C16H25BrO/c1-6-18-15-8-7-13(12(2)9-10-17)11-14(15)16(3,4)5/h7-8,11-12H,6,9-10H2,1-5H3. The normalized spacial score (nSPS) is 13.4. The molecule has 1 aromatic rings. The highest BCUT2D eigenvalue weighted by molar-refractivity contribution is 9.09. The number of rotatable bonds is 5. The van der Waals surface area contributed by atoms with Crippen molar-refractivity contribution in [3.8, 4) is 5.75 Å². The molecule has 0 spiro atoms. The van der Waals surface area contributed by atoms with Crippen molar-refractivity contribution in [2.75, 3.05) is 11.9 Å². The van der Waals surface area contributed by atoms with E-state index >= 15 is 0 Å². The third-order valence-electron chi connectivity index (χ3n) is 3.22. The van der Waals surface area contributed by atoms with Crippen molar-refractivity contribution in [2.24, 2.45) is 0 Å². The molecule has 0 amide bonds. The van der Waals surface area contributed by atoms with Crippen LogP contribution in [0.25, 0.3) is 0 Å². The van der Waals surface area contributed by atoms with Gasteiger partial charge in [0.15, 0.2) is 0 Å². The molecule has 2 heteroatoms. The van der Waals surface area contributed by atoms with Crippen LogP contribution < -0.4 is 4.74 Å². The molecule has 0 N–H and O–H groups in total. The number of hydrogen-bond acceptors (Lipinski definition) is 1. The van der Waals surface area contributed by atoms with Crippen molar-refractivity contribution in [3.63, 3.8) is 0 Å². The van der Waals surface area contributed by atoms with E-state index in [1.807, 2.05) is 6.92 Å². The molecule has 18 heavy (non-hydrogen) atoms. The number of alkyl halides is 1. The van der Waals surface area contributed by atoms with Gasteiger partial charge in [0.05, 0.1) is 6.61 Å². The first-order valence-corrected chi connectivity index (χ1v) is 7.85. The number of ether oxygens (including phenoxy) is 1. The van der Waals surface area contributed by atoms with Gasteiger partial charge in [-0.2, -0.15) is 0 Å². The molecule has 0 aliphatic carbocycles. The summed E-state index contributed by atoms with van der Waals surface area (Å²) in [6.07, 6.45) is 1.16. The maximum Gasteiger partial charge on any atom is 0.123 e. The molecule has 1 atom stereocenters. The number of halogens is 1. The molecule has 0 saturated carbocycles. The van der Waals surface area contributed by atoms with Crippen LogP contribution in [0, 0.1) is 0 Å². The maximum absolute atomic E-state index is 5.75. The highest BCUT2D eigenvalue weighted by Crippen LogP contribution is 2.34. The van der Waals surface area contributed by atoms with Crippen LogP contribution in [0.4, 0.5) is 0 Å². The molecule has 1 rings (SSSR count). The quantitative estimate of drug-likeness (QED) is 0.673. The van der Waals surface area contributed by atoms with Crippen molar-refractivity contribution >= 4 is 15.9 Å². The van der Waals surface area contributed by atoms with E-state index < -0.39 is 0 Å². The van der Waals surface area contributed by atoms with Gasteiger partial charge in [0.2, 0.25) is 0 Å². The second-order valence-electron chi connectivity index (χ2n) is 5.82. The third kappa shape index (κ3) is 4.01. The van der Waals surface area contributed by atoms with Crippen LogP contribution in [0.3, 0.4) is 0 Å². The second kappa shape index (κ2) is 6.60. The molecule has 1 nitrogen and oxygen atoms in total. The zero-order chi connectivity index (χ0) is 13.8. The molecule has 0 fully saturated rings. The first kappa shape index (κ1) is 15.6. The SMILES string of the molecule is CCOc1ccc(C(C)CCBr)cc1C(C)(C)C. The Hall–Kier alpha value is -0.500. The van der Waals surface area contributed by atoms with Crippen LogP contribution in [0.5, 0.6) is 5.75 Å². The van der Waals surface area contributed by atoms with Crippen molar-refractivity contribution in [1.82, 2.24) is 0 Å². The highest BCUT2D eigenvalue weighted by atomic mass is 79.9. The topological polar surface area (TPSA) is 9.23 Å². The fourth-order valence-electron chi connectivity index (χ4n) is 2.05. The minimum absolute atomic E-state index is 0.120.